The zero-order valence-corrected chi connectivity index (χ0v) is 13.9. The van der Waals surface area contributed by atoms with E-state index in [0.29, 0.717) is 5.56 Å². The van der Waals surface area contributed by atoms with Gasteiger partial charge in [0.2, 0.25) is 0 Å². The van der Waals surface area contributed by atoms with Gasteiger partial charge in [-0.3, -0.25) is 14.4 Å². The quantitative estimate of drug-likeness (QED) is 0.618. The minimum atomic E-state index is -1.30. The summed E-state index contributed by atoms with van der Waals surface area (Å²) in [6.07, 6.45) is -0.0259. The molecule has 1 amide bonds. The maximum absolute atomic E-state index is 11.9. The largest absolute Gasteiger partial charge is 0.481 e. The number of amides is 1. The highest BCUT2D eigenvalue weighted by Crippen LogP contribution is 2.14. The highest BCUT2D eigenvalue weighted by atomic mass is 16.6. The van der Waals surface area contributed by atoms with Crippen molar-refractivity contribution >= 4 is 17.8 Å². The fourth-order valence-corrected chi connectivity index (χ4v) is 1.85. The molecule has 0 heterocycles. The first kappa shape index (κ1) is 18.7. The molecule has 126 valence electrons. The number of nitrogens with one attached hydrogen (secondary N) is 1. The highest BCUT2D eigenvalue weighted by Gasteiger charge is 2.30. The molecule has 0 aliphatic heterocycles. The number of benzene rings is 1. The topological polar surface area (TPSA) is 92.7 Å². The second-order valence-corrected chi connectivity index (χ2v) is 6.33. The van der Waals surface area contributed by atoms with Crippen molar-refractivity contribution in [2.75, 3.05) is 6.54 Å². The van der Waals surface area contributed by atoms with E-state index in [0.717, 1.165) is 5.56 Å². The van der Waals surface area contributed by atoms with Crippen LogP contribution in [0, 0.1) is 12.8 Å². The van der Waals surface area contributed by atoms with Crippen LogP contribution >= 0.6 is 0 Å². The first-order chi connectivity index (χ1) is 10.6. The number of aliphatic carboxylic acids is 1. The molecule has 0 aliphatic carbocycles. The van der Waals surface area contributed by atoms with Crippen LogP contribution < -0.4 is 5.32 Å². The molecule has 0 radical (unpaired) electrons. The highest BCUT2D eigenvalue weighted by molar-refractivity contribution is 5.95. The van der Waals surface area contributed by atoms with E-state index in [1.807, 2.05) is 19.1 Å². The predicted octanol–water partition coefficient (Wildman–Crippen LogP) is 2.16. The fourth-order valence-electron chi connectivity index (χ4n) is 1.85. The van der Waals surface area contributed by atoms with Crippen molar-refractivity contribution in [2.45, 2.75) is 39.7 Å². The first-order valence-corrected chi connectivity index (χ1v) is 7.40. The Morgan fingerprint density at radius 3 is 2.22 bits per heavy atom. The molecular formula is C17H23NO5. The van der Waals surface area contributed by atoms with E-state index in [9.17, 15) is 14.4 Å². The number of carboxylic acids is 1. The minimum absolute atomic E-state index is 0.0259. The SMILES string of the molecule is Cc1ccc(C(=O)NCC[C@@H](C(=O)O)C(=O)OC(C)(C)C)cc1. The maximum atomic E-state index is 11.9. The van der Waals surface area contributed by atoms with Crippen molar-refractivity contribution < 1.29 is 24.2 Å². The van der Waals surface area contributed by atoms with Gasteiger partial charge in [-0.05, 0) is 46.2 Å². The normalized spacial score (nSPS) is 12.3. The van der Waals surface area contributed by atoms with Crippen LogP contribution in [0.25, 0.3) is 0 Å². The van der Waals surface area contributed by atoms with E-state index >= 15 is 0 Å². The average molecular weight is 321 g/mol. The predicted molar refractivity (Wildman–Crippen MR) is 85.1 cm³/mol. The number of rotatable bonds is 6. The number of hydrogen-bond acceptors (Lipinski definition) is 4. The number of ether oxygens (including phenoxy) is 1. The van der Waals surface area contributed by atoms with Gasteiger partial charge in [0, 0.05) is 12.1 Å². The molecule has 0 unspecified atom stereocenters. The summed E-state index contributed by atoms with van der Waals surface area (Å²) < 4.78 is 5.08. The molecule has 6 nitrogen and oxygen atoms in total. The number of carbonyl (C=O) groups is 3. The molecule has 1 rings (SSSR count). The molecule has 1 aromatic rings. The molecule has 23 heavy (non-hydrogen) atoms. The molecule has 0 bridgehead atoms. The van der Waals surface area contributed by atoms with Crippen LogP contribution in [-0.4, -0.2) is 35.1 Å². The smallest absolute Gasteiger partial charge is 0.320 e. The van der Waals surface area contributed by atoms with Gasteiger partial charge in [0.05, 0.1) is 0 Å². The monoisotopic (exact) mass is 321 g/mol. The van der Waals surface area contributed by atoms with E-state index in [2.05, 4.69) is 5.32 Å². The third kappa shape index (κ3) is 6.50. The third-order valence-electron chi connectivity index (χ3n) is 3.02. The summed E-state index contributed by atoms with van der Waals surface area (Å²) in [7, 11) is 0. The van der Waals surface area contributed by atoms with Crippen molar-refractivity contribution in [2.24, 2.45) is 5.92 Å². The molecular weight excluding hydrogens is 298 g/mol. The van der Waals surface area contributed by atoms with Crippen LogP contribution in [0.15, 0.2) is 24.3 Å². The molecule has 0 fully saturated rings. The van der Waals surface area contributed by atoms with Gasteiger partial charge in [-0.25, -0.2) is 0 Å². The van der Waals surface area contributed by atoms with Gasteiger partial charge in [0.25, 0.3) is 5.91 Å². The summed E-state index contributed by atoms with van der Waals surface area (Å²) in [4.78, 5) is 35.0. The van der Waals surface area contributed by atoms with Gasteiger partial charge in [0.15, 0.2) is 5.92 Å². The molecule has 0 spiro atoms. The van der Waals surface area contributed by atoms with Crippen LogP contribution in [0.3, 0.4) is 0 Å². The Hall–Kier alpha value is -2.37. The summed E-state index contributed by atoms with van der Waals surface area (Å²) in [5.74, 6) is -3.66. The number of aryl methyl sites for hydroxylation is 1. The molecule has 2 N–H and O–H groups in total. The lowest BCUT2D eigenvalue weighted by Crippen LogP contribution is -2.35. The van der Waals surface area contributed by atoms with E-state index < -0.39 is 23.5 Å². The second kappa shape index (κ2) is 7.76. The lowest BCUT2D eigenvalue weighted by molar-refractivity contribution is -0.167. The third-order valence-corrected chi connectivity index (χ3v) is 3.02. The number of carboxylic acid groups (broad SMARTS) is 1. The van der Waals surface area contributed by atoms with Gasteiger partial charge in [-0.1, -0.05) is 17.7 Å². The lowest BCUT2D eigenvalue weighted by Gasteiger charge is -2.22. The Labute approximate surface area is 135 Å². The molecule has 0 saturated carbocycles. The first-order valence-electron chi connectivity index (χ1n) is 7.40. The van der Waals surface area contributed by atoms with Crippen molar-refractivity contribution in [3.63, 3.8) is 0 Å². The van der Waals surface area contributed by atoms with Gasteiger partial charge in [-0.15, -0.1) is 0 Å². The van der Waals surface area contributed by atoms with Crippen molar-refractivity contribution in [3.8, 4) is 0 Å². The Kier molecular flexibility index (Phi) is 6.30. The summed E-state index contributed by atoms with van der Waals surface area (Å²) in [6, 6.07) is 7.01. The molecule has 1 aromatic carbocycles. The summed E-state index contributed by atoms with van der Waals surface area (Å²) >= 11 is 0. The van der Waals surface area contributed by atoms with Gasteiger partial charge in [-0.2, -0.15) is 0 Å². The van der Waals surface area contributed by atoms with Crippen molar-refractivity contribution in [1.29, 1.82) is 0 Å². The molecule has 0 aliphatic rings. The van der Waals surface area contributed by atoms with E-state index in [1.54, 1.807) is 32.9 Å². The summed E-state index contributed by atoms with van der Waals surface area (Å²) in [5, 5.41) is 11.8. The Balaban J connectivity index is 2.56. The summed E-state index contributed by atoms with van der Waals surface area (Å²) in [6.45, 7) is 7.00. The maximum Gasteiger partial charge on any atom is 0.320 e. The molecule has 6 heteroatoms. The Bertz CT molecular complexity index is 572. The van der Waals surface area contributed by atoms with Crippen molar-refractivity contribution in [1.82, 2.24) is 5.32 Å². The molecule has 0 saturated heterocycles. The van der Waals surface area contributed by atoms with Crippen molar-refractivity contribution in [3.05, 3.63) is 35.4 Å². The molecule has 0 aromatic heterocycles. The van der Waals surface area contributed by atoms with Crippen LogP contribution in [0.5, 0.6) is 0 Å². The van der Waals surface area contributed by atoms with Crippen LogP contribution in [0.1, 0.15) is 43.1 Å². The Morgan fingerprint density at radius 1 is 1.17 bits per heavy atom. The standard InChI is InChI=1S/C17H23NO5/c1-11-5-7-12(8-6-11)14(19)18-10-9-13(15(20)21)16(22)23-17(2,3)4/h5-8,13H,9-10H2,1-4H3,(H,18,19)(H,20,21)/t13-/m0/s1. The fraction of sp³-hybridized carbons (Fsp3) is 0.471. The van der Waals surface area contributed by atoms with Gasteiger partial charge < -0.3 is 15.2 Å². The van der Waals surface area contributed by atoms with Gasteiger partial charge >= 0.3 is 11.9 Å². The Morgan fingerprint density at radius 2 is 1.74 bits per heavy atom. The van der Waals surface area contributed by atoms with E-state index in [4.69, 9.17) is 9.84 Å². The molecule has 1 atom stereocenters. The van der Waals surface area contributed by atoms with E-state index in [1.165, 1.54) is 0 Å². The number of esters is 1. The van der Waals surface area contributed by atoms with Gasteiger partial charge in [0.1, 0.15) is 5.60 Å². The number of carbonyl (C=O) groups excluding carboxylic acids is 2. The lowest BCUT2D eigenvalue weighted by atomic mass is 10.1. The average Bonchev–Trinajstić information content (AvgIpc) is 2.41. The van der Waals surface area contributed by atoms with Crippen LogP contribution in [-0.2, 0) is 14.3 Å². The van der Waals surface area contributed by atoms with E-state index in [-0.39, 0.29) is 18.9 Å². The second-order valence-electron chi connectivity index (χ2n) is 6.33. The number of hydrogen-bond donors (Lipinski definition) is 2. The van der Waals surface area contributed by atoms with Crippen LogP contribution in [0.4, 0.5) is 0 Å². The summed E-state index contributed by atoms with van der Waals surface area (Å²) in [5.41, 5.74) is 0.771. The minimum Gasteiger partial charge on any atom is -0.481 e. The van der Waals surface area contributed by atoms with Crippen LogP contribution in [0.2, 0.25) is 0 Å². The zero-order valence-electron chi connectivity index (χ0n) is 13.9. The zero-order chi connectivity index (χ0) is 17.6.